The van der Waals surface area contributed by atoms with Gasteiger partial charge in [0, 0.05) is 43.3 Å². The van der Waals surface area contributed by atoms with Crippen LogP contribution in [-0.4, -0.2) is 26.7 Å². The number of aromatic amines is 1. The van der Waals surface area contributed by atoms with Crippen LogP contribution in [0.3, 0.4) is 0 Å². The summed E-state index contributed by atoms with van der Waals surface area (Å²) >= 11 is 12.6. The Morgan fingerprint density at radius 1 is 0.952 bits per heavy atom. The molecule has 0 aliphatic rings. The van der Waals surface area contributed by atoms with Crippen LogP contribution in [0.2, 0.25) is 10.0 Å². The Kier molecular flexibility index (Phi) is 7.42. The number of hydrogen-bond acceptors (Lipinski definition) is 3. The molecular formula is C34H26Cl2N4O2. The predicted octanol–water partition coefficient (Wildman–Crippen LogP) is 8.99. The summed E-state index contributed by atoms with van der Waals surface area (Å²) in [5, 5.41) is 5.04. The molecule has 1 unspecified atom stereocenters. The number of aryl methyl sites for hydroxylation is 1. The second-order valence-corrected chi connectivity index (χ2v) is 11.0. The maximum absolute atomic E-state index is 14.1. The monoisotopic (exact) mass is 592 g/mol. The van der Waals surface area contributed by atoms with Crippen molar-refractivity contribution in [3.05, 3.63) is 130 Å². The van der Waals surface area contributed by atoms with Crippen molar-refractivity contribution in [1.29, 1.82) is 0 Å². The maximum Gasteiger partial charge on any atom is 0.272 e. The van der Waals surface area contributed by atoms with E-state index in [0.717, 1.165) is 39.8 Å². The van der Waals surface area contributed by atoms with E-state index < -0.39 is 0 Å². The van der Waals surface area contributed by atoms with Crippen LogP contribution >= 0.6 is 23.2 Å². The van der Waals surface area contributed by atoms with Gasteiger partial charge in [0.15, 0.2) is 0 Å². The van der Waals surface area contributed by atoms with Crippen molar-refractivity contribution in [2.75, 3.05) is 5.32 Å². The van der Waals surface area contributed by atoms with Gasteiger partial charge in [0.05, 0.1) is 23.8 Å². The second-order valence-electron chi connectivity index (χ2n) is 10.2. The largest absolute Gasteiger partial charge is 0.350 e. The molecule has 6 nitrogen and oxygen atoms in total. The number of aromatic nitrogens is 3. The molecule has 2 N–H and O–H groups in total. The molecule has 0 fully saturated rings. The molecule has 0 aliphatic heterocycles. The van der Waals surface area contributed by atoms with Crippen molar-refractivity contribution in [3.63, 3.8) is 0 Å². The van der Waals surface area contributed by atoms with Gasteiger partial charge in [-0.3, -0.25) is 9.59 Å². The molecular weight excluding hydrogens is 567 g/mol. The van der Waals surface area contributed by atoms with Crippen molar-refractivity contribution in [3.8, 4) is 22.5 Å². The third-order valence-electron chi connectivity index (χ3n) is 7.48. The molecule has 0 saturated heterocycles. The number of H-pyrrole nitrogens is 1. The van der Waals surface area contributed by atoms with Gasteiger partial charge in [0.1, 0.15) is 12.0 Å². The summed E-state index contributed by atoms with van der Waals surface area (Å²) in [6.45, 7) is 3.97. The minimum atomic E-state index is -0.352. The Hall–Kier alpha value is -4.65. The summed E-state index contributed by atoms with van der Waals surface area (Å²) in [5.74, 6) is -0.352. The van der Waals surface area contributed by atoms with E-state index in [1.54, 1.807) is 18.2 Å². The van der Waals surface area contributed by atoms with Crippen LogP contribution in [0.4, 0.5) is 5.69 Å². The molecule has 2 heterocycles. The zero-order valence-corrected chi connectivity index (χ0v) is 24.4. The predicted molar refractivity (Wildman–Crippen MR) is 170 cm³/mol. The van der Waals surface area contributed by atoms with E-state index in [-0.39, 0.29) is 11.9 Å². The Labute approximate surface area is 252 Å². The highest BCUT2D eigenvalue weighted by molar-refractivity contribution is 6.31. The van der Waals surface area contributed by atoms with Gasteiger partial charge in [0.2, 0.25) is 0 Å². The molecule has 42 heavy (non-hydrogen) atoms. The first kappa shape index (κ1) is 27.5. The van der Waals surface area contributed by atoms with E-state index in [0.29, 0.717) is 38.1 Å². The fourth-order valence-electron chi connectivity index (χ4n) is 5.23. The van der Waals surface area contributed by atoms with Crippen LogP contribution in [0, 0.1) is 6.92 Å². The second kappa shape index (κ2) is 11.3. The number of anilines is 1. The lowest BCUT2D eigenvalue weighted by Gasteiger charge is -2.19. The molecule has 8 heteroatoms. The van der Waals surface area contributed by atoms with E-state index in [2.05, 4.69) is 21.8 Å². The van der Waals surface area contributed by atoms with Gasteiger partial charge < -0.3 is 14.9 Å². The van der Waals surface area contributed by atoms with Crippen molar-refractivity contribution in [1.82, 2.24) is 14.5 Å². The summed E-state index contributed by atoms with van der Waals surface area (Å²) in [7, 11) is 0. The van der Waals surface area contributed by atoms with Gasteiger partial charge >= 0.3 is 0 Å². The zero-order chi connectivity index (χ0) is 29.4. The maximum atomic E-state index is 14.1. The van der Waals surface area contributed by atoms with Crippen molar-refractivity contribution in [2.24, 2.45) is 0 Å². The molecule has 1 atom stereocenters. The van der Waals surface area contributed by atoms with Crippen LogP contribution in [0.15, 0.2) is 97.3 Å². The summed E-state index contributed by atoms with van der Waals surface area (Å²) in [5.41, 5.74) is 7.09. The molecule has 0 radical (unpaired) electrons. The number of imidazole rings is 1. The Balaban J connectivity index is 1.59. The average Bonchev–Trinajstić information content (AvgIpc) is 3.60. The van der Waals surface area contributed by atoms with Gasteiger partial charge in [0.25, 0.3) is 5.91 Å². The van der Waals surface area contributed by atoms with Gasteiger partial charge in [-0.15, -0.1) is 0 Å². The number of fused-ring (bicyclic) bond motifs is 1. The SMILES string of the molecule is Cc1ccc(C=O)cc1NC(=O)c1[nH]c2cc(Cl)ccc2c1-c1c(-c2ccccc2)ncn1C(C)c1ccc(Cl)cc1. The van der Waals surface area contributed by atoms with Crippen molar-refractivity contribution >= 4 is 52.0 Å². The number of benzene rings is 4. The quantitative estimate of drug-likeness (QED) is 0.181. The lowest BCUT2D eigenvalue weighted by atomic mass is 9.99. The number of nitrogens with zero attached hydrogens (tertiary/aromatic N) is 2. The summed E-state index contributed by atoms with van der Waals surface area (Å²) in [6.07, 6.45) is 2.57. The van der Waals surface area contributed by atoms with E-state index in [1.165, 1.54) is 0 Å². The molecule has 0 spiro atoms. The van der Waals surface area contributed by atoms with E-state index >= 15 is 0 Å². The van der Waals surface area contributed by atoms with Crippen LogP contribution in [0.5, 0.6) is 0 Å². The molecule has 0 bridgehead atoms. The number of hydrogen-bond donors (Lipinski definition) is 2. The number of halogens is 2. The highest BCUT2D eigenvalue weighted by atomic mass is 35.5. The molecule has 0 aliphatic carbocycles. The van der Waals surface area contributed by atoms with Gasteiger partial charge in [-0.25, -0.2) is 4.98 Å². The molecule has 208 valence electrons. The van der Waals surface area contributed by atoms with Crippen molar-refractivity contribution in [2.45, 2.75) is 19.9 Å². The number of amides is 1. The number of aldehydes is 1. The molecule has 1 amide bonds. The molecule has 6 aromatic rings. The Morgan fingerprint density at radius 2 is 1.69 bits per heavy atom. The summed E-state index contributed by atoms with van der Waals surface area (Å²) in [6, 6.07) is 28.2. The first-order valence-corrected chi connectivity index (χ1v) is 14.2. The highest BCUT2D eigenvalue weighted by Crippen LogP contribution is 2.41. The minimum Gasteiger partial charge on any atom is -0.350 e. The lowest BCUT2D eigenvalue weighted by molar-refractivity contribution is 0.102. The number of rotatable bonds is 7. The smallest absolute Gasteiger partial charge is 0.272 e. The third-order valence-corrected chi connectivity index (χ3v) is 7.97. The van der Waals surface area contributed by atoms with E-state index in [1.807, 2.05) is 86.0 Å². The Bertz CT molecular complexity index is 1940. The van der Waals surface area contributed by atoms with Crippen LogP contribution in [-0.2, 0) is 0 Å². The van der Waals surface area contributed by atoms with Crippen LogP contribution < -0.4 is 5.32 Å². The number of carbonyl (C=O) groups is 2. The van der Waals surface area contributed by atoms with Crippen molar-refractivity contribution < 1.29 is 9.59 Å². The lowest BCUT2D eigenvalue weighted by Crippen LogP contribution is -2.16. The number of nitrogens with one attached hydrogen (secondary N) is 2. The molecule has 4 aromatic carbocycles. The summed E-state index contributed by atoms with van der Waals surface area (Å²) in [4.78, 5) is 33.7. The topological polar surface area (TPSA) is 79.8 Å². The average molecular weight is 594 g/mol. The number of carbonyl (C=O) groups excluding carboxylic acids is 2. The molecule has 6 rings (SSSR count). The molecule has 2 aromatic heterocycles. The van der Waals surface area contributed by atoms with Gasteiger partial charge in [-0.05, 0) is 55.3 Å². The minimum absolute atomic E-state index is 0.137. The summed E-state index contributed by atoms with van der Waals surface area (Å²) < 4.78 is 2.08. The van der Waals surface area contributed by atoms with Gasteiger partial charge in [-0.1, -0.05) is 83.9 Å². The first-order valence-electron chi connectivity index (χ1n) is 13.4. The van der Waals surface area contributed by atoms with E-state index in [4.69, 9.17) is 28.2 Å². The standard InChI is InChI=1S/C34H26Cl2N4O2/c1-20-8-9-22(18-41)16-28(20)39-34(42)32-30(27-15-14-26(36)17-29(27)38-32)33-31(24-6-4-3-5-7-24)37-19-40(33)21(2)23-10-12-25(35)13-11-23/h3-19,21,38H,1-2H3,(H,39,42). The van der Waals surface area contributed by atoms with Crippen LogP contribution in [0.1, 0.15) is 44.9 Å². The van der Waals surface area contributed by atoms with Gasteiger partial charge in [-0.2, -0.15) is 0 Å². The van der Waals surface area contributed by atoms with E-state index in [9.17, 15) is 9.59 Å². The highest BCUT2D eigenvalue weighted by Gasteiger charge is 2.28. The molecule has 0 saturated carbocycles. The normalized spacial score (nSPS) is 11.9. The fourth-order valence-corrected chi connectivity index (χ4v) is 5.53. The fraction of sp³-hybridized carbons (Fsp3) is 0.0882. The Morgan fingerprint density at radius 3 is 2.43 bits per heavy atom. The third kappa shape index (κ3) is 5.11. The first-order chi connectivity index (χ1) is 20.3. The zero-order valence-electron chi connectivity index (χ0n) is 22.9. The van der Waals surface area contributed by atoms with Crippen LogP contribution in [0.25, 0.3) is 33.4 Å².